The molecule has 0 rings (SSSR count). The number of hydrogen-bond acceptors (Lipinski definition) is 1. The Morgan fingerprint density at radius 1 is 1.44 bits per heavy atom. The maximum Gasteiger partial charge on any atom is 0.300 e. The van der Waals surface area contributed by atoms with Gasteiger partial charge in [0, 0.05) is 6.92 Å². The molecule has 3 heteroatoms. The second kappa shape index (κ2) is 10.8. The van der Waals surface area contributed by atoms with E-state index in [0.717, 1.165) is 6.92 Å². The Bertz CT molecular complexity index is 58.1. The first-order valence-electron chi connectivity index (χ1n) is 3.05. The first-order valence-corrected chi connectivity index (χ1v) is 4.46. The Kier molecular flexibility index (Phi) is 14.0. The van der Waals surface area contributed by atoms with Crippen molar-refractivity contribution in [3.8, 4) is 0 Å². The minimum absolute atomic E-state index is 0.833. The van der Waals surface area contributed by atoms with E-state index in [-0.39, 0.29) is 0 Å². The molecule has 56 valence electrons. The molecule has 2 nitrogen and oxygen atoms in total. The molecule has 0 atom stereocenters. The number of hydrogen-bond donors (Lipinski definition) is 1. The fourth-order valence-corrected chi connectivity index (χ4v) is 0.750. The summed E-state index contributed by atoms with van der Waals surface area (Å²) in [4.78, 5) is 9.00. The van der Waals surface area contributed by atoms with Crippen LogP contribution in [-0.4, -0.2) is 23.4 Å². The van der Waals surface area contributed by atoms with Crippen molar-refractivity contribution in [1.29, 1.82) is 0 Å². The van der Waals surface area contributed by atoms with Gasteiger partial charge in [-0.3, -0.25) is 4.79 Å². The van der Waals surface area contributed by atoms with Crippen LogP contribution in [0.15, 0.2) is 0 Å². The van der Waals surface area contributed by atoms with E-state index in [1.165, 1.54) is 20.9 Å². The van der Waals surface area contributed by atoms with Crippen molar-refractivity contribution in [2.45, 2.75) is 20.8 Å². The molecule has 0 spiro atoms. The topological polar surface area (TPSA) is 37.3 Å². The van der Waals surface area contributed by atoms with Gasteiger partial charge >= 0.3 is 0 Å². The fourth-order valence-electron chi connectivity index (χ4n) is 0.250. The van der Waals surface area contributed by atoms with E-state index in [2.05, 4.69) is 13.8 Å². The fraction of sp³-hybridized carbons (Fsp3) is 0.833. The van der Waals surface area contributed by atoms with Gasteiger partial charge in [-0.15, -0.1) is 8.58 Å². The van der Waals surface area contributed by atoms with Crippen LogP contribution in [-0.2, 0) is 4.79 Å². The average Bonchev–Trinajstić information content (AvgIpc) is 1.66. The van der Waals surface area contributed by atoms with Crippen LogP contribution < -0.4 is 0 Å². The molecule has 0 saturated heterocycles. The molecule has 0 amide bonds. The molecule has 0 aliphatic rings. The number of carboxylic acids is 1. The van der Waals surface area contributed by atoms with Crippen molar-refractivity contribution >= 4 is 14.6 Å². The number of rotatable bonds is 2. The molecule has 0 heterocycles. The molecule has 0 fully saturated rings. The molecule has 0 aromatic carbocycles. The molecule has 0 aromatic rings. The van der Waals surface area contributed by atoms with E-state index in [0.29, 0.717) is 0 Å². The Balaban J connectivity index is 0. The van der Waals surface area contributed by atoms with E-state index in [1.807, 2.05) is 0 Å². The number of aliphatic carboxylic acids is 1. The summed E-state index contributed by atoms with van der Waals surface area (Å²) in [6.45, 7) is 5.53. The molecular weight excluding hydrogens is 135 g/mol. The minimum Gasteiger partial charge on any atom is -0.481 e. The summed E-state index contributed by atoms with van der Waals surface area (Å²) < 4.78 is 0. The molecule has 0 saturated carbocycles. The molecule has 0 aliphatic carbocycles. The highest BCUT2D eigenvalue weighted by atomic mass is 31.1. The van der Waals surface area contributed by atoms with Crippen LogP contribution in [0.4, 0.5) is 0 Å². The van der Waals surface area contributed by atoms with E-state index in [4.69, 9.17) is 9.90 Å². The first-order chi connectivity index (χ1) is 4.15. The third-order valence-corrected chi connectivity index (χ3v) is 1.50. The second-order valence-corrected chi connectivity index (χ2v) is 3.39. The summed E-state index contributed by atoms with van der Waals surface area (Å²) >= 11 is 0. The Morgan fingerprint density at radius 2 is 1.67 bits per heavy atom. The van der Waals surface area contributed by atoms with Crippen molar-refractivity contribution in [1.82, 2.24) is 0 Å². The van der Waals surface area contributed by atoms with Gasteiger partial charge < -0.3 is 5.11 Å². The highest BCUT2D eigenvalue weighted by molar-refractivity contribution is 7.37. The van der Waals surface area contributed by atoms with Crippen molar-refractivity contribution in [3.05, 3.63) is 0 Å². The quantitative estimate of drug-likeness (QED) is 0.609. The number of carboxylic acid groups (broad SMARTS) is 1. The van der Waals surface area contributed by atoms with Crippen LogP contribution in [0.25, 0.3) is 0 Å². The van der Waals surface area contributed by atoms with Gasteiger partial charge in [-0.1, -0.05) is 13.8 Å². The van der Waals surface area contributed by atoms with Crippen LogP contribution in [0.2, 0.25) is 0 Å². The van der Waals surface area contributed by atoms with Gasteiger partial charge in [0.2, 0.25) is 0 Å². The Hall–Kier alpha value is -0.100. The van der Waals surface area contributed by atoms with Crippen LogP contribution in [0, 0.1) is 0 Å². The maximum atomic E-state index is 9.00. The van der Waals surface area contributed by atoms with Crippen molar-refractivity contribution in [2.24, 2.45) is 0 Å². The minimum atomic E-state index is -0.833. The lowest BCUT2D eigenvalue weighted by atomic mass is 10.9. The third kappa shape index (κ3) is 76.2. The van der Waals surface area contributed by atoms with Crippen LogP contribution in [0.3, 0.4) is 0 Å². The van der Waals surface area contributed by atoms with Crippen molar-refractivity contribution in [3.63, 3.8) is 0 Å². The smallest absolute Gasteiger partial charge is 0.300 e. The lowest BCUT2D eigenvalue weighted by molar-refractivity contribution is -0.134. The van der Waals surface area contributed by atoms with Crippen LogP contribution in [0.5, 0.6) is 0 Å². The second-order valence-electron chi connectivity index (χ2n) is 1.48. The summed E-state index contributed by atoms with van der Waals surface area (Å²) in [5.74, 6) is -0.833. The highest BCUT2D eigenvalue weighted by Crippen LogP contribution is 2.03. The summed E-state index contributed by atoms with van der Waals surface area (Å²) in [5, 5.41) is 7.42. The monoisotopic (exact) mass is 150 g/mol. The van der Waals surface area contributed by atoms with Gasteiger partial charge in [0.15, 0.2) is 0 Å². The molecular formula is C6H15O2P. The van der Waals surface area contributed by atoms with Crippen LogP contribution >= 0.6 is 8.58 Å². The Morgan fingerprint density at radius 3 is 1.67 bits per heavy atom. The summed E-state index contributed by atoms with van der Waals surface area (Å²) in [6.07, 6.45) is 2.74. The van der Waals surface area contributed by atoms with Crippen LogP contribution in [0.1, 0.15) is 20.8 Å². The van der Waals surface area contributed by atoms with Gasteiger partial charge in [-0.2, -0.15) is 0 Å². The van der Waals surface area contributed by atoms with Gasteiger partial charge in [-0.25, -0.2) is 0 Å². The van der Waals surface area contributed by atoms with Crippen molar-refractivity contribution < 1.29 is 9.90 Å². The lowest BCUT2D eigenvalue weighted by Crippen LogP contribution is -1.78. The van der Waals surface area contributed by atoms with Crippen molar-refractivity contribution in [2.75, 3.05) is 12.3 Å². The zero-order valence-electron chi connectivity index (χ0n) is 6.27. The van der Waals surface area contributed by atoms with Gasteiger partial charge in [-0.05, 0) is 12.3 Å². The van der Waals surface area contributed by atoms with E-state index < -0.39 is 5.97 Å². The third-order valence-electron chi connectivity index (χ3n) is 0.500. The highest BCUT2D eigenvalue weighted by Gasteiger charge is 1.67. The SMILES string of the molecule is CC(=O)O.CCPCC. The molecule has 0 aliphatic heterocycles. The Labute approximate surface area is 58.4 Å². The summed E-state index contributed by atoms with van der Waals surface area (Å²) in [5.41, 5.74) is 0. The molecule has 1 N–H and O–H groups in total. The molecule has 0 radical (unpaired) electrons. The molecule has 0 unspecified atom stereocenters. The zero-order chi connectivity index (χ0) is 7.70. The largest absolute Gasteiger partial charge is 0.481 e. The van der Waals surface area contributed by atoms with Gasteiger partial charge in [0.25, 0.3) is 5.97 Å². The molecule has 0 aromatic heterocycles. The van der Waals surface area contributed by atoms with E-state index >= 15 is 0 Å². The normalized spacial score (nSPS) is 7.44. The zero-order valence-corrected chi connectivity index (χ0v) is 7.27. The molecule has 0 bridgehead atoms. The van der Waals surface area contributed by atoms with Gasteiger partial charge in [0.1, 0.15) is 0 Å². The van der Waals surface area contributed by atoms with Gasteiger partial charge in [0.05, 0.1) is 0 Å². The number of carbonyl (C=O) groups is 1. The maximum absolute atomic E-state index is 9.00. The first kappa shape index (κ1) is 11.7. The van der Waals surface area contributed by atoms with E-state index in [1.54, 1.807) is 0 Å². The summed E-state index contributed by atoms with van der Waals surface area (Å²) in [6, 6.07) is 0. The average molecular weight is 150 g/mol. The predicted octanol–water partition coefficient (Wildman–Crippen LogP) is 1.80. The van der Waals surface area contributed by atoms with E-state index in [9.17, 15) is 0 Å². The molecule has 9 heavy (non-hydrogen) atoms. The lowest BCUT2D eigenvalue weighted by Gasteiger charge is -1.80. The summed E-state index contributed by atoms with van der Waals surface area (Å²) in [7, 11) is 1.20. The standard InChI is InChI=1S/C4H11P.C2H4O2/c1-3-5-4-2;1-2(3)4/h5H,3-4H2,1-2H3;1H3,(H,3,4). The predicted molar refractivity (Wildman–Crippen MR) is 42.7 cm³/mol.